The van der Waals surface area contributed by atoms with Crippen molar-refractivity contribution in [2.45, 2.75) is 36.5 Å². The molecule has 0 saturated heterocycles. The van der Waals surface area contributed by atoms with Crippen molar-refractivity contribution in [2.75, 3.05) is 24.7 Å². The molecule has 0 fully saturated rings. The highest BCUT2D eigenvalue weighted by Gasteiger charge is 2.20. The number of nitrogens with zero attached hydrogens (tertiary/aromatic N) is 4. The first-order chi connectivity index (χ1) is 25.8. The van der Waals surface area contributed by atoms with Crippen LogP contribution in [0.1, 0.15) is 26.7 Å². The van der Waals surface area contributed by atoms with Gasteiger partial charge in [-0.1, -0.05) is 74.5 Å². The van der Waals surface area contributed by atoms with Crippen molar-refractivity contribution >= 4 is 75.9 Å². The molecule has 0 aliphatic heterocycles. The highest BCUT2D eigenvalue weighted by atomic mass is 32.2. The molecule has 54 heavy (non-hydrogen) atoms. The number of fused-ring (bicyclic) bond motifs is 2. The van der Waals surface area contributed by atoms with Crippen LogP contribution in [0.15, 0.2) is 127 Å². The summed E-state index contributed by atoms with van der Waals surface area (Å²) in [5, 5.41) is 18.5. The summed E-state index contributed by atoms with van der Waals surface area (Å²) in [5.74, 6) is 0.794. The Hall–Kier alpha value is -5.94. The Bertz CT molecular complexity index is 2500. The van der Waals surface area contributed by atoms with Gasteiger partial charge in [0.15, 0.2) is 0 Å². The summed E-state index contributed by atoms with van der Waals surface area (Å²) in [6.45, 7) is 4.66. The summed E-state index contributed by atoms with van der Waals surface area (Å²) < 4.78 is 80.7. The molecule has 6 aromatic rings. The molecule has 0 bridgehead atoms. The second kappa shape index (κ2) is 15.6. The maximum atomic E-state index is 12.2. The van der Waals surface area contributed by atoms with Gasteiger partial charge >= 0.3 is 0 Å². The molecule has 0 aromatic heterocycles. The zero-order valence-electron chi connectivity index (χ0n) is 29.2. The number of benzene rings is 6. The van der Waals surface area contributed by atoms with Crippen LogP contribution < -0.4 is 20.9 Å². The molecule has 0 unspecified atom stereocenters. The maximum Gasteiger partial charge on any atom is 0.295 e. The molecular formula is C38H36N6O8S2. The van der Waals surface area contributed by atoms with Crippen molar-refractivity contribution in [1.82, 2.24) is 0 Å². The van der Waals surface area contributed by atoms with Crippen molar-refractivity contribution in [3.63, 3.8) is 0 Å². The molecule has 16 heteroatoms. The van der Waals surface area contributed by atoms with E-state index in [2.05, 4.69) is 20.5 Å². The van der Waals surface area contributed by atoms with Crippen molar-refractivity contribution in [3.05, 3.63) is 97.1 Å². The van der Waals surface area contributed by atoms with E-state index in [1.54, 1.807) is 84.9 Å². The molecule has 278 valence electrons. The van der Waals surface area contributed by atoms with Crippen molar-refractivity contribution in [1.29, 1.82) is 0 Å². The minimum atomic E-state index is -4.60. The molecule has 0 atom stereocenters. The van der Waals surface area contributed by atoms with E-state index >= 15 is 0 Å². The lowest BCUT2D eigenvalue weighted by Crippen LogP contribution is -2.01. The first kappa shape index (κ1) is 37.8. The third-order valence-corrected chi connectivity index (χ3v) is 10.1. The smallest absolute Gasteiger partial charge is 0.295 e. The van der Waals surface area contributed by atoms with E-state index in [-0.39, 0.29) is 43.3 Å². The van der Waals surface area contributed by atoms with Gasteiger partial charge in [0, 0.05) is 21.5 Å². The quantitative estimate of drug-likeness (QED) is 0.0493. The summed E-state index contributed by atoms with van der Waals surface area (Å²) in [6.07, 6.45) is 1.41. The molecule has 0 aliphatic carbocycles. The Morgan fingerprint density at radius 1 is 0.519 bits per heavy atom. The van der Waals surface area contributed by atoms with E-state index in [1.165, 1.54) is 12.1 Å². The van der Waals surface area contributed by atoms with Gasteiger partial charge in [0.05, 0.1) is 24.6 Å². The second-order valence-corrected chi connectivity index (χ2v) is 14.9. The summed E-state index contributed by atoms with van der Waals surface area (Å²) in [5.41, 5.74) is 15.3. The van der Waals surface area contributed by atoms with Gasteiger partial charge in [-0.05, 0) is 60.4 Å². The van der Waals surface area contributed by atoms with Gasteiger partial charge in [-0.2, -0.15) is 16.8 Å². The van der Waals surface area contributed by atoms with Crippen molar-refractivity contribution in [3.8, 4) is 22.6 Å². The van der Waals surface area contributed by atoms with Crippen molar-refractivity contribution < 1.29 is 35.4 Å². The predicted molar refractivity (Wildman–Crippen MR) is 208 cm³/mol. The van der Waals surface area contributed by atoms with E-state index in [4.69, 9.17) is 20.9 Å². The average Bonchev–Trinajstić information content (AvgIpc) is 3.15. The first-order valence-corrected chi connectivity index (χ1v) is 19.6. The molecule has 0 spiro atoms. The van der Waals surface area contributed by atoms with Crippen LogP contribution in [0.5, 0.6) is 11.5 Å². The number of rotatable bonds is 13. The standard InChI is InChI=1S/C38H36N6O8S2/c1-3-17-51-33-19-23(13-15-29(33)41-43-31-21-35(53(45,46)47)25-9-5-7-11-27(25)37(31)39)24-14-16-30(34(20-24)52-18-4-2)42-44-32-22-36(54(48,49)50)26-10-6-8-12-28(26)38(32)40/h5-16,19-22H,3-4,17-18,39-40H2,1-2H3,(H,45,46,47)(H,48,49,50). The molecule has 6 aromatic carbocycles. The minimum Gasteiger partial charge on any atom is -0.491 e. The molecule has 0 radical (unpaired) electrons. The Kier molecular flexibility index (Phi) is 10.9. The van der Waals surface area contributed by atoms with E-state index in [1.807, 2.05) is 13.8 Å². The fourth-order valence-electron chi connectivity index (χ4n) is 5.72. The minimum absolute atomic E-state index is 0.0500. The average molecular weight is 769 g/mol. The summed E-state index contributed by atoms with van der Waals surface area (Å²) in [4.78, 5) is -0.682. The lowest BCUT2D eigenvalue weighted by Gasteiger charge is -2.13. The monoisotopic (exact) mass is 768 g/mol. The molecule has 6 rings (SSSR count). The molecule has 14 nitrogen and oxygen atoms in total. The van der Waals surface area contributed by atoms with Crippen LogP contribution in [-0.4, -0.2) is 39.2 Å². The molecule has 0 amide bonds. The number of ether oxygens (including phenoxy) is 2. The number of hydrogen-bond donors (Lipinski definition) is 4. The maximum absolute atomic E-state index is 12.2. The number of nitrogen functional groups attached to an aromatic ring is 2. The van der Waals surface area contributed by atoms with Crippen LogP contribution in [0.2, 0.25) is 0 Å². The van der Waals surface area contributed by atoms with E-state index in [0.717, 1.165) is 11.1 Å². The topological polar surface area (TPSA) is 229 Å². The molecular weight excluding hydrogens is 733 g/mol. The number of nitrogens with two attached hydrogens (primary N) is 2. The molecule has 0 saturated carbocycles. The van der Waals surface area contributed by atoms with Gasteiger partial charge in [-0.25, -0.2) is 0 Å². The van der Waals surface area contributed by atoms with Gasteiger partial charge < -0.3 is 20.9 Å². The number of hydrogen-bond acceptors (Lipinski definition) is 12. The van der Waals surface area contributed by atoms with E-state index in [9.17, 15) is 25.9 Å². The van der Waals surface area contributed by atoms with Gasteiger partial charge in [0.1, 0.15) is 44.0 Å². The van der Waals surface area contributed by atoms with Gasteiger partial charge in [-0.15, -0.1) is 20.5 Å². The lowest BCUT2D eigenvalue weighted by molar-refractivity contribution is 0.318. The Labute approximate surface area is 311 Å². The number of azo groups is 2. The van der Waals surface area contributed by atoms with Crippen LogP contribution in [0, 0.1) is 0 Å². The van der Waals surface area contributed by atoms with Crippen LogP contribution in [-0.2, 0) is 20.2 Å². The lowest BCUT2D eigenvalue weighted by atomic mass is 10.0. The highest BCUT2D eigenvalue weighted by Crippen LogP contribution is 2.42. The highest BCUT2D eigenvalue weighted by molar-refractivity contribution is 7.86. The van der Waals surface area contributed by atoms with Crippen molar-refractivity contribution in [2.24, 2.45) is 20.5 Å². The summed E-state index contributed by atoms with van der Waals surface area (Å²) in [7, 11) is -9.19. The van der Waals surface area contributed by atoms with Crippen LogP contribution in [0.3, 0.4) is 0 Å². The Balaban J connectivity index is 1.37. The first-order valence-electron chi connectivity index (χ1n) is 16.7. The SMILES string of the molecule is CCCOc1cc(-c2ccc(N=Nc3cc(S(=O)(=O)O)c4ccccc4c3N)c(OCCC)c2)ccc1N=Nc1cc(S(=O)(=O)O)c2ccccc2c1N. The molecule has 6 N–H and O–H groups in total. The van der Waals surface area contributed by atoms with Crippen LogP contribution >= 0.6 is 0 Å². The Morgan fingerprint density at radius 2 is 0.870 bits per heavy atom. The summed E-state index contributed by atoms with van der Waals surface area (Å²) >= 11 is 0. The third-order valence-electron chi connectivity index (χ3n) is 8.32. The molecule has 0 heterocycles. The Morgan fingerprint density at radius 3 is 1.22 bits per heavy atom. The van der Waals surface area contributed by atoms with Gasteiger partial charge in [0.2, 0.25) is 0 Å². The predicted octanol–water partition coefficient (Wildman–Crippen LogP) is 9.73. The van der Waals surface area contributed by atoms with Gasteiger partial charge in [0.25, 0.3) is 20.2 Å². The zero-order chi connectivity index (χ0) is 38.6. The van der Waals surface area contributed by atoms with E-state index in [0.29, 0.717) is 59.7 Å². The zero-order valence-corrected chi connectivity index (χ0v) is 30.8. The van der Waals surface area contributed by atoms with Crippen LogP contribution in [0.4, 0.5) is 34.1 Å². The van der Waals surface area contributed by atoms with Gasteiger partial charge in [-0.3, -0.25) is 9.11 Å². The molecule has 0 aliphatic rings. The second-order valence-electron chi connectivity index (χ2n) is 12.1. The fourth-order valence-corrected chi connectivity index (χ4v) is 7.15. The largest absolute Gasteiger partial charge is 0.491 e. The number of anilines is 2. The van der Waals surface area contributed by atoms with E-state index < -0.39 is 20.2 Å². The third kappa shape index (κ3) is 8.01. The van der Waals surface area contributed by atoms with Crippen LogP contribution in [0.25, 0.3) is 32.7 Å². The fraction of sp³-hybridized carbons (Fsp3) is 0.158. The summed E-state index contributed by atoms with van der Waals surface area (Å²) in [6, 6.07) is 25.9. The normalized spacial score (nSPS) is 12.3.